The minimum Gasteiger partial charge on any atom is -0.464 e. The van der Waals surface area contributed by atoms with Gasteiger partial charge in [0, 0.05) is 17.9 Å². The van der Waals surface area contributed by atoms with E-state index in [1.165, 1.54) is 9.80 Å². The van der Waals surface area contributed by atoms with Gasteiger partial charge >= 0.3 is 12.1 Å². The summed E-state index contributed by atoms with van der Waals surface area (Å²) in [7, 11) is 0. The highest BCUT2D eigenvalue weighted by Crippen LogP contribution is 2.28. The summed E-state index contributed by atoms with van der Waals surface area (Å²) in [5.41, 5.74) is 1.13. The fourth-order valence-electron chi connectivity index (χ4n) is 3.81. The molecular formula is C26H25Cl2N3O7S2. The molecule has 1 N–H and O–H groups in total. The molecule has 1 atom stereocenters. The Morgan fingerprint density at radius 1 is 1.05 bits per heavy atom. The molecule has 1 aliphatic heterocycles. The van der Waals surface area contributed by atoms with Crippen LogP contribution in [-0.2, 0) is 19.0 Å². The lowest BCUT2D eigenvalue weighted by atomic mass is 10.2. The third kappa shape index (κ3) is 7.73. The molecule has 40 heavy (non-hydrogen) atoms. The lowest BCUT2D eigenvalue weighted by molar-refractivity contribution is -0.148. The Morgan fingerprint density at radius 3 is 2.35 bits per heavy atom. The summed E-state index contributed by atoms with van der Waals surface area (Å²) in [5, 5.41) is 2.75. The van der Waals surface area contributed by atoms with Crippen LogP contribution >= 0.6 is 45.9 Å². The van der Waals surface area contributed by atoms with Crippen molar-refractivity contribution in [2.24, 2.45) is 0 Å². The number of esters is 1. The predicted molar refractivity (Wildman–Crippen MR) is 154 cm³/mol. The van der Waals surface area contributed by atoms with E-state index in [0.717, 1.165) is 22.7 Å². The molecule has 3 aromatic rings. The standard InChI is InChI=1S/C26H25Cl2N3O7S2/c1-2-37-23(32)15-36-12-11-30(25(34)20-8-10-22(28)40-20)16-3-5-17(6-4-16)31-14-18(38-26(31)35)13-29-24(33)19-7-9-21(27)39-19/h3-10,18H,2,11-15H2,1H3,(H,29,33)/t18-/m0/s1. The van der Waals surface area contributed by atoms with E-state index in [1.807, 2.05) is 0 Å². The van der Waals surface area contributed by atoms with E-state index in [1.54, 1.807) is 55.5 Å². The van der Waals surface area contributed by atoms with Gasteiger partial charge in [-0.2, -0.15) is 0 Å². The third-order valence-corrected chi connectivity index (χ3v) is 8.10. The fraction of sp³-hybridized carbons (Fsp3) is 0.308. The minimum atomic E-state index is -0.542. The van der Waals surface area contributed by atoms with E-state index in [2.05, 4.69) is 5.32 Å². The normalized spacial score (nSPS) is 14.6. The topological polar surface area (TPSA) is 114 Å². The zero-order valence-corrected chi connectivity index (χ0v) is 24.4. The maximum absolute atomic E-state index is 13.3. The van der Waals surface area contributed by atoms with Crippen LogP contribution in [0.4, 0.5) is 16.2 Å². The fourth-order valence-corrected chi connectivity index (χ4v) is 5.76. The van der Waals surface area contributed by atoms with Crippen LogP contribution in [0.1, 0.15) is 26.3 Å². The SMILES string of the molecule is CCOC(=O)COCCN(C(=O)c1ccc(Cl)s1)c1ccc(N2C[C@H](CNC(=O)c3ccc(Cl)s3)OC2=O)cc1. The second-order valence-electron chi connectivity index (χ2n) is 8.36. The number of amides is 3. The number of cyclic esters (lactones) is 1. The quantitative estimate of drug-likeness (QED) is 0.220. The van der Waals surface area contributed by atoms with Crippen molar-refractivity contribution >= 4 is 81.1 Å². The monoisotopic (exact) mass is 625 g/mol. The van der Waals surface area contributed by atoms with E-state index in [4.69, 9.17) is 37.4 Å². The van der Waals surface area contributed by atoms with Crippen LogP contribution in [0.2, 0.25) is 8.67 Å². The van der Waals surface area contributed by atoms with E-state index in [0.29, 0.717) is 29.8 Å². The molecule has 0 radical (unpaired) electrons. The Morgan fingerprint density at radius 2 is 1.73 bits per heavy atom. The van der Waals surface area contributed by atoms with Gasteiger partial charge in [0.2, 0.25) is 0 Å². The van der Waals surface area contributed by atoms with E-state index in [-0.39, 0.29) is 51.3 Å². The summed E-state index contributed by atoms with van der Waals surface area (Å²) in [6.07, 6.45) is -1.08. The highest BCUT2D eigenvalue weighted by Gasteiger charge is 2.33. The Hall–Kier alpha value is -3.16. The molecule has 0 saturated carbocycles. The molecule has 0 bridgehead atoms. The summed E-state index contributed by atoms with van der Waals surface area (Å²) >= 11 is 14.2. The van der Waals surface area contributed by atoms with Crippen LogP contribution in [0.25, 0.3) is 0 Å². The van der Waals surface area contributed by atoms with E-state index < -0.39 is 18.2 Å². The number of benzene rings is 1. The summed E-state index contributed by atoms with van der Waals surface area (Å²) in [4.78, 5) is 53.5. The number of hydrogen-bond donors (Lipinski definition) is 1. The van der Waals surface area contributed by atoms with E-state index >= 15 is 0 Å². The van der Waals surface area contributed by atoms with Gasteiger partial charge in [0.1, 0.15) is 12.7 Å². The van der Waals surface area contributed by atoms with Crippen LogP contribution in [-0.4, -0.2) is 69.4 Å². The number of ether oxygens (including phenoxy) is 3. The molecular weight excluding hydrogens is 601 g/mol. The van der Waals surface area contributed by atoms with Crippen LogP contribution in [0, 0.1) is 0 Å². The minimum absolute atomic E-state index is 0.0922. The van der Waals surface area contributed by atoms with Crippen molar-refractivity contribution in [1.82, 2.24) is 5.32 Å². The van der Waals surface area contributed by atoms with Crippen molar-refractivity contribution in [3.8, 4) is 0 Å². The van der Waals surface area contributed by atoms with Crippen molar-refractivity contribution in [1.29, 1.82) is 0 Å². The first-order valence-corrected chi connectivity index (χ1v) is 14.6. The van der Waals surface area contributed by atoms with Crippen molar-refractivity contribution in [2.45, 2.75) is 13.0 Å². The van der Waals surface area contributed by atoms with Crippen LogP contribution in [0.3, 0.4) is 0 Å². The van der Waals surface area contributed by atoms with Crippen molar-refractivity contribution < 1.29 is 33.4 Å². The van der Waals surface area contributed by atoms with Gasteiger partial charge in [-0.15, -0.1) is 22.7 Å². The molecule has 1 fully saturated rings. The van der Waals surface area contributed by atoms with Crippen molar-refractivity contribution in [2.75, 3.05) is 49.3 Å². The number of thiophene rings is 2. The third-order valence-electron chi connectivity index (χ3n) is 5.65. The first-order chi connectivity index (χ1) is 19.2. The number of anilines is 2. The summed E-state index contributed by atoms with van der Waals surface area (Å²) < 4.78 is 16.7. The average Bonchev–Trinajstić information content (AvgIpc) is 3.67. The maximum atomic E-state index is 13.3. The lowest BCUT2D eigenvalue weighted by Gasteiger charge is -2.23. The summed E-state index contributed by atoms with van der Waals surface area (Å²) in [6.45, 7) is 2.37. The number of hydrogen-bond acceptors (Lipinski definition) is 9. The first-order valence-electron chi connectivity index (χ1n) is 12.2. The molecule has 3 heterocycles. The maximum Gasteiger partial charge on any atom is 0.414 e. The number of rotatable bonds is 12. The number of carbonyl (C=O) groups is 4. The number of carbonyl (C=O) groups excluding carboxylic acids is 4. The molecule has 3 amide bonds. The largest absolute Gasteiger partial charge is 0.464 e. The van der Waals surface area contributed by atoms with Gasteiger partial charge in [-0.25, -0.2) is 9.59 Å². The van der Waals surface area contributed by atoms with Crippen LogP contribution < -0.4 is 15.1 Å². The van der Waals surface area contributed by atoms with Crippen LogP contribution in [0.15, 0.2) is 48.5 Å². The summed E-state index contributed by atoms with van der Waals surface area (Å²) in [5.74, 6) is -1.06. The number of nitrogens with zero attached hydrogens (tertiary/aromatic N) is 2. The molecule has 4 rings (SSSR count). The van der Waals surface area contributed by atoms with Gasteiger partial charge in [0.25, 0.3) is 11.8 Å². The molecule has 0 unspecified atom stereocenters. The Labute approximate surface area is 248 Å². The van der Waals surface area contributed by atoms with E-state index in [9.17, 15) is 19.2 Å². The zero-order chi connectivity index (χ0) is 28.6. The molecule has 2 aromatic heterocycles. The van der Waals surface area contributed by atoms with Gasteiger partial charge in [-0.05, 0) is 55.5 Å². The van der Waals surface area contributed by atoms with Gasteiger partial charge in [0.05, 0.1) is 44.7 Å². The molecule has 212 valence electrons. The number of nitrogens with one attached hydrogen (secondary N) is 1. The lowest BCUT2D eigenvalue weighted by Crippen LogP contribution is -2.34. The molecule has 0 aliphatic carbocycles. The van der Waals surface area contributed by atoms with Crippen LogP contribution in [0.5, 0.6) is 0 Å². The second kappa shape index (κ2) is 14.0. The Balaban J connectivity index is 1.39. The highest BCUT2D eigenvalue weighted by molar-refractivity contribution is 7.18. The van der Waals surface area contributed by atoms with Gasteiger partial charge in [0.15, 0.2) is 0 Å². The van der Waals surface area contributed by atoms with Gasteiger partial charge in [-0.1, -0.05) is 23.2 Å². The Bertz CT molecular complexity index is 1360. The zero-order valence-electron chi connectivity index (χ0n) is 21.3. The molecule has 1 saturated heterocycles. The smallest absolute Gasteiger partial charge is 0.414 e. The van der Waals surface area contributed by atoms with Gasteiger partial charge in [-0.3, -0.25) is 14.5 Å². The molecule has 0 spiro atoms. The molecule has 10 nitrogen and oxygen atoms in total. The van der Waals surface area contributed by atoms with Crippen molar-refractivity contribution in [3.63, 3.8) is 0 Å². The highest BCUT2D eigenvalue weighted by atomic mass is 35.5. The first kappa shape index (κ1) is 29.8. The Kier molecular flexibility index (Phi) is 10.4. The molecule has 1 aromatic carbocycles. The molecule has 1 aliphatic rings. The van der Waals surface area contributed by atoms with Crippen molar-refractivity contribution in [3.05, 3.63) is 67.0 Å². The molecule has 14 heteroatoms. The average molecular weight is 627 g/mol. The number of halogens is 2. The summed E-state index contributed by atoms with van der Waals surface area (Å²) in [6, 6.07) is 13.4. The van der Waals surface area contributed by atoms with Gasteiger partial charge < -0.3 is 24.4 Å². The second-order valence-corrected chi connectivity index (χ2v) is 11.8. The predicted octanol–water partition coefficient (Wildman–Crippen LogP) is 5.10.